The molecule has 0 bridgehead atoms. The molecule has 0 radical (unpaired) electrons. The number of aliphatic carboxylic acids is 1. The van der Waals surface area contributed by atoms with Gasteiger partial charge in [-0.25, -0.2) is 0 Å². The Morgan fingerprint density at radius 1 is 1.53 bits per heavy atom. The molecule has 90 valence electrons. The minimum atomic E-state index is -0.783. The SMILES string of the molecule is CCN(CCC(=O)O)Cc1cccc(C#N)c1. The van der Waals surface area contributed by atoms with Gasteiger partial charge in [-0.1, -0.05) is 19.1 Å². The third kappa shape index (κ3) is 4.66. The van der Waals surface area contributed by atoms with E-state index in [4.69, 9.17) is 10.4 Å². The van der Waals surface area contributed by atoms with Crippen molar-refractivity contribution in [1.29, 1.82) is 5.26 Å². The third-order valence-corrected chi connectivity index (χ3v) is 2.55. The van der Waals surface area contributed by atoms with E-state index in [0.29, 0.717) is 18.7 Å². The molecule has 1 rings (SSSR count). The number of nitriles is 1. The van der Waals surface area contributed by atoms with E-state index in [1.54, 1.807) is 6.07 Å². The standard InChI is InChI=1S/C13H16N2O2/c1-2-15(7-6-13(16)17)10-12-5-3-4-11(8-12)9-14/h3-5,8H,2,6-7,10H2,1H3,(H,16,17). The predicted octanol–water partition coefficient (Wildman–Crippen LogP) is 1.85. The fourth-order valence-corrected chi connectivity index (χ4v) is 1.60. The van der Waals surface area contributed by atoms with Crippen LogP contribution in [0.4, 0.5) is 0 Å². The van der Waals surface area contributed by atoms with Crippen molar-refractivity contribution in [1.82, 2.24) is 4.90 Å². The molecule has 0 aromatic heterocycles. The molecule has 0 saturated heterocycles. The molecule has 0 aliphatic heterocycles. The van der Waals surface area contributed by atoms with Gasteiger partial charge < -0.3 is 5.11 Å². The summed E-state index contributed by atoms with van der Waals surface area (Å²) in [5.74, 6) is -0.783. The number of carboxylic acids is 1. The van der Waals surface area contributed by atoms with Gasteiger partial charge in [0.15, 0.2) is 0 Å². The van der Waals surface area contributed by atoms with Gasteiger partial charge in [-0.2, -0.15) is 5.26 Å². The third-order valence-electron chi connectivity index (χ3n) is 2.55. The number of nitrogens with zero attached hydrogens (tertiary/aromatic N) is 2. The van der Waals surface area contributed by atoms with Gasteiger partial charge in [-0.05, 0) is 24.2 Å². The highest BCUT2D eigenvalue weighted by atomic mass is 16.4. The molecular weight excluding hydrogens is 216 g/mol. The van der Waals surface area contributed by atoms with Crippen LogP contribution in [0.2, 0.25) is 0 Å². The van der Waals surface area contributed by atoms with Crippen molar-refractivity contribution in [2.45, 2.75) is 19.9 Å². The molecule has 0 saturated carbocycles. The summed E-state index contributed by atoms with van der Waals surface area (Å²) in [4.78, 5) is 12.5. The van der Waals surface area contributed by atoms with E-state index in [1.165, 1.54) is 0 Å². The van der Waals surface area contributed by atoms with Crippen LogP contribution in [0.25, 0.3) is 0 Å². The molecular formula is C13H16N2O2. The van der Waals surface area contributed by atoms with Gasteiger partial charge in [0.2, 0.25) is 0 Å². The molecule has 1 aromatic carbocycles. The van der Waals surface area contributed by atoms with Gasteiger partial charge in [-0.3, -0.25) is 9.69 Å². The van der Waals surface area contributed by atoms with Crippen LogP contribution in [0.15, 0.2) is 24.3 Å². The lowest BCUT2D eigenvalue weighted by Gasteiger charge is -2.19. The van der Waals surface area contributed by atoms with Crippen molar-refractivity contribution in [2.24, 2.45) is 0 Å². The lowest BCUT2D eigenvalue weighted by molar-refractivity contribution is -0.137. The van der Waals surface area contributed by atoms with Gasteiger partial charge in [-0.15, -0.1) is 0 Å². The van der Waals surface area contributed by atoms with E-state index in [2.05, 4.69) is 6.07 Å². The van der Waals surface area contributed by atoms with Crippen molar-refractivity contribution in [2.75, 3.05) is 13.1 Å². The van der Waals surface area contributed by atoms with Crippen molar-refractivity contribution in [3.05, 3.63) is 35.4 Å². The number of hydrogen-bond donors (Lipinski definition) is 1. The zero-order valence-electron chi connectivity index (χ0n) is 9.89. The number of carboxylic acid groups (broad SMARTS) is 1. The molecule has 0 atom stereocenters. The van der Waals surface area contributed by atoms with Crippen molar-refractivity contribution in [3.8, 4) is 6.07 Å². The van der Waals surface area contributed by atoms with E-state index in [1.807, 2.05) is 30.0 Å². The molecule has 0 aliphatic carbocycles. The first-order valence-electron chi connectivity index (χ1n) is 5.59. The Hall–Kier alpha value is -1.86. The topological polar surface area (TPSA) is 64.3 Å². The Morgan fingerprint density at radius 2 is 2.29 bits per heavy atom. The minimum Gasteiger partial charge on any atom is -0.481 e. The highest BCUT2D eigenvalue weighted by molar-refractivity contribution is 5.66. The molecule has 0 aliphatic rings. The quantitative estimate of drug-likeness (QED) is 0.813. The van der Waals surface area contributed by atoms with Gasteiger partial charge in [0.05, 0.1) is 18.1 Å². The molecule has 0 spiro atoms. The molecule has 4 heteroatoms. The van der Waals surface area contributed by atoms with Gasteiger partial charge in [0, 0.05) is 13.1 Å². The molecule has 0 heterocycles. The van der Waals surface area contributed by atoms with E-state index < -0.39 is 5.97 Å². The average molecular weight is 232 g/mol. The van der Waals surface area contributed by atoms with Gasteiger partial charge in [0.1, 0.15) is 0 Å². The van der Waals surface area contributed by atoms with E-state index in [9.17, 15) is 4.79 Å². The van der Waals surface area contributed by atoms with Crippen LogP contribution in [-0.4, -0.2) is 29.1 Å². The molecule has 1 N–H and O–H groups in total. The van der Waals surface area contributed by atoms with E-state index >= 15 is 0 Å². The maximum Gasteiger partial charge on any atom is 0.304 e. The monoisotopic (exact) mass is 232 g/mol. The molecule has 0 unspecified atom stereocenters. The molecule has 17 heavy (non-hydrogen) atoms. The summed E-state index contributed by atoms with van der Waals surface area (Å²) in [7, 11) is 0. The highest BCUT2D eigenvalue weighted by Gasteiger charge is 2.06. The van der Waals surface area contributed by atoms with Crippen molar-refractivity contribution < 1.29 is 9.90 Å². The van der Waals surface area contributed by atoms with Crippen LogP contribution >= 0.6 is 0 Å². The summed E-state index contributed by atoms with van der Waals surface area (Å²) in [6.07, 6.45) is 0.145. The summed E-state index contributed by atoms with van der Waals surface area (Å²) < 4.78 is 0. The number of benzene rings is 1. The van der Waals surface area contributed by atoms with Crippen molar-refractivity contribution in [3.63, 3.8) is 0 Å². The zero-order chi connectivity index (χ0) is 12.7. The summed E-state index contributed by atoms with van der Waals surface area (Å²) in [5.41, 5.74) is 1.67. The average Bonchev–Trinajstić information content (AvgIpc) is 2.34. The second kappa shape index (κ2) is 6.66. The van der Waals surface area contributed by atoms with Crippen molar-refractivity contribution >= 4 is 5.97 Å². The molecule has 4 nitrogen and oxygen atoms in total. The fourth-order valence-electron chi connectivity index (χ4n) is 1.60. The Labute approximate surface area is 101 Å². The molecule has 1 aromatic rings. The number of carbonyl (C=O) groups is 1. The van der Waals surface area contributed by atoms with E-state index in [0.717, 1.165) is 12.1 Å². The second-order valence-electron chi connectivity index (χ2n) is 3.82. The van der Waals surface area contributed by atoms with Crippen LogP contribution in [0.5, 0.6) is 0 Å². The van der Waals surface area contributed by atoms with Crippen LogP contribution in [0.1, 0.15) is 24.5 Å². The Balaban J connectivity index is 2.60. The second-order valence-corrected chi connectivity index (χ2v) is 3.82. The summed E-state index contributed by atoms with van der Waals surface area (Å²) in [6.45, 7) is 4.00. The van der Waals surface area contributed by atoms with Crippen LogP contribution in [0, 0.1) is 11.3 Å². The summed E-state index contributed by atoms with van der Waals surface area (Å²) in [5, 5.41) is 17.4. The minimum absolute atomic E-state index is 0.145. The lowest BCUT2D eigenvalue weighted by atomic mass is 10.1. The largest absolute Gasteiger partial charge is 0.481 e. The maximum atomic E-state index is 10.5. The maximum absolute atomic E-state index is 10.5. The first kappa shape index (κ1) is 13.2. The van der Waals surface area contributed by atoms with Crippen LogP contribution in [-0.2, 0) is 11.3 Å². The van der Waals surface area contributed by atoms with Gasteiger partial charge >= 0.3 is 5.97 Å². The molecule has 0 amide bonds. The highest BCUT2D eigenvalue weighted by Crippen LogP contribution is 2.08. The Kier molecular flexibility index (Phi) is 5.18. The fraction of sp³-hybridized carbons (Fsp3) is 0.385. The Bertz CT molecular complexity index is 424. The van der Waals surface area contributed by atoms with Gasteiger partial charge in [0.25, 0.3) is 0 Å². The first-order chi connectivity index (χ1) is 8.15. The lowest BCUT2D eigenvalue weighted by Crippen LogP contribution is -2.25. The normalized spacial score (nSPS) is 10.2. The van der Waals surface area contributed by atoms with E-state index in [-0.39, 0.29) is 6.42 Å². The smallest absolute Gasteiger partial charge is 0.304 e. The Morgan fingerprint density at radius 3 is 2.88 bits per heavy atom. The number of hydrogen-bond acceptors (Lipinski definition) is 3. The number of rotatable bonds is 6. The zero-order valence-corrected chi connectivity index (χ0v) is 9.89. The van der Waals surface area contributed by atoms with Crippen LogP contribution in [0.3, 0.4) is 0 Å². The summed E-state index contributed by atoms with van der Waals surface area (Å²) >= 11 is 0. The molecule has 0 fully saturated rings. The summed E-state index contributed by atoms with van der Waals surface area (Å²) in [6, 6.07) is 9.49. The first-order valence-corrected chi connectivity index (χ1v) is 5.59. The predicted molar refractivity (Wildman–Crippen MR) is 64.4 cm³/mol. The van der Waals surface area contributed by atoms with Crippen LogP contribution < -0.4 is 0 Å².